The van der Waals surface area contributed by atoms with Crippen LogP contribution in [-0.2, 0) is 21.9 Å². The zero-order valence-corrected chi connectivity index (χ0v) is 13.8. The molecule has 0 radical (unpaired) electrons. The van der Waals surface area contributed by atoms with Crippen molar-refractivity contribution in [1.29, 1.82) is 0 Å². The van der Waals surface area contributed by atoms with Crippen LogP contribution in [-0.4, -0.2) is 57.1 Å². The summed E-state index contributed by atoms with van der Waals surface area (Å²) in [6.45, 7) is 0.315. The van der Waals surface area contributed by atoms with Gasteiger partial charge < -0.3 is 5.11 Å². The van der Waals surface area contributed by atoms with Crippen molar-refractivity contribution >= 4 is 16.0 Å². The number of carboxylic acids is 1. The summed E-state index contributed by atoms with van der Waals surface area (Å²) in [5.41, 5.74) is 0.579. The van der Waals surface area contributed by atoms with Crippen LogP contribution in [0, 0.1) is 5.92 Å². The molecule has 0 aliphatic carbocycles. The van der Waals surface area contributed by atoms with Crippen LogP contribution in [0.25, 0.3) is 11.4 Å². The Hall–Kier alpha value is -2.33. The van der Waals surface area contributed by atoms with Crippen molar-refractivity contribution in [3.63, 3.8) is 0 Å². The van der Waals surface area contributed by atoms with Crippen molar-refractivity contribution in [3.8, 4) is 11.4 Å². The summed E-state index contributed by atoms with van der Waals surface area (Å²) in [6.07, 6.45) is 1.02. The third-order valence-corrected chi connectivity index (χ3v) is 5.94. The summed E-state index contributed by atoms with van der Waals surface area (Å²) < 4.78 is 28.4. The first kappa shape index (κ1) is 16.5. The molecule has 1 atom stereocenters. The molecule has 2 heterocycles. The highest BCUT2D eigenvalue weighted by Gasteiger charge is 2.33. The minimum Gasteiger partial charge on any atom is -0.481 e. The van der Waals surface area contributed by atoms with Crippen molar-refractivity contribution in [3.05, 3.63) is 24.3 Å². The molecule has 1 aliphatic heterocycles. The molecule has 0 amide bonds. The van der Waals surface area contributed by atoms with E-state index in [1.54, 1.807) is 19.2 Å². The Morgan fingerprint density at radius 1 is 1.38 bits per heavy atom. The van der Waals surface area contributed by atoms with Crippen LogP contribution in [0.1, 0.15) is 12.8 Å². The maximum Gasteiger partial charge on any atom is 0.307 e. The minimum absolute atomic E-state index is 0.00654. The Morgan fingerprint density at radius 2 is 2.17 bits per heavy atom. The minimum atomic E-state index is -3.76. The Morgan fingerprint density at radius 3 is 2.83 bits per heavy atom. The number of hydrogen-bond acceptors (Lipinski definition) is 6. The summed E-state index contributed by atoms with van der Waals surface area (Å²) >= 11 is 0. The molecule has 1 saturated heterocycles. The number of piperidine rings is 1. The molecule has 0 saturated carbocycles. The van der Waals surface area contributed by atoms with Gasteiger partial charge >= 0.3 is 5.97 Å². The lowest BCUT2D eigenvalue weighted by atomic mass is 10.0. The summed E-state index contributed by atoms with van der Waals surface area (Å²) in [6, 6.07) is 6.34. The highest BCUT2D eigenvalue weighted by atomic mass is 32.2. The Labute approximate surface area is 138 Å². The molecule has 1 aliphatic rings. The molecule has 1 fully saturated rings. The largest absolute Gasteiger partial charge is 0.481 e. The quantitative estimate of drug-likeness (QED) is 0.845. The number of sulfonamides is 1. The van der Waals surface area contributed by atoms with E-state index in [2.05, 4.69) is 15.5 Å². The van der Waals surface area contributed by atoms with Gasteiger partial charge in [0.2, 0.25) is 10.0 Å². The highest BCUT2D eigenvalue weighted by Crippen LogP contribution is 2.26. The number of aliphatic carboxylic acids is 1. The second-order valence-electron chi connectivity index (χ2n) is 5.69. The van der Waals surface area contributed by atoms with Crippen molar-refractivity contribution in [2.75, 3.05) is 13.1 Å². The van der Waals surface area contributed by atoms with E-state index in [1.165, 1.54) is 21.1 Å². The molecular formula is C14H17N5O4S. The standard InChI is InChI=1S/C14H17N5O4S/c1-18-13(15-16-17-18)10-4-2-6-12(8-10)24(22,23)19-7-3-5-11(9-19)14(20)21/h2,4,6,8,11H,3,5,7,9H2,1H3,(H,20,21). The lowest BCUT2D eigenvalue weighted by Gasteiger charge is -2.29. The molecule has 2 aromatic rings. The number of rotatable bonds is 4. The van der Waals surface area contributed by atoms with Crippen molar-refractivity contribution < 1.29 is 18.3 Å². The first-order valence-electron chi connectivity index (χ1n) is 7.45. The van der Waals surface area contributed by atoms with Gasteiger partial charge in [0.05, 0.1) is 10.8 Å². The monoisotopic (exact) mass is 351 g/mol. The Kier molecular flexibility index (Phi) is 4.33. The number of carbonyl (C=O) groups is 1. The van der Waals surface area contributed by atoms with E-state index < -0.39 is 21.9 Å². The number of aromatic nitrogens is 4. The molecule has 0 spiro atoms. The zero-order valence-electron chi connectivity index (χ0n) is 13.0. The van der Waals surface area contributed by atoms with Gasteiger partial charge in [-0.1, -0.05) is 12.1 Å². The molecule has 1 aromatic carbocycles. The van der Waals surface area contributed by atoms with Crippen LogP contribution in [0.5, 0.6) is 0 Å². The zero-order chi connectivity index (χ0) is 17.3. The van der Waals surface area contributed by atoms with Crippen molar-refractivity contribution in [2.45, 2.75) is 17.7 Å². The fourth-order valence-corrected chi connectivity index (χ4v) is 4.35. The molecule has 1 unspecified atom stereocenters. The lowest BCUT2D eigenvalue weighted by Crippen LogP contribution is -2.42. The average Bonchev–Trinajstić information content (AvgIpc) is 3.01. The smallest absolute Gasteiger partial charge is 0.307 e. The number of nitrogens with zero attached hydrogens (tertiary/aromatic N) is 5. The van der Waals surface area contributed by atoms with Crippen LogP contribution in [0.15, 0.2) is 29.2 Å². The molecule has 0 bridgehead atoms. The van der Waals surface area contributed by atoms with Gasteiger partial charge in [0.25, 0.3) is 0 Å². The molecular weight excluding hydrogens is 334 g/mol. The first-order chi connectivity index (χ1) is 11.4. The van der Waals surface area contributed by atoms with Crippen LogP contribution in [0.4, 0.5) is 0 Å². The SMILES string of the molecule is Cn1nnnc1-c1cccc(S(=O)(=O)N2CCCC(C(=O)O)C2)c1. The second kappa shape index (κ2) is 6.29. The Bertz CT molecular complexity index is 864. The fourth-order valence-electron chi connectivity index (χ4n) is 2.78. The van der Waals surface area contributed by atoms with Gasteiger partial charge in [-0.05, 0) is 35.4 Å². The average molecular weight is 351 g/mol. The number of carboxylic acid groups (broad SMARTS) is 1. The van der Waals surface area contributed by atoms with E-state index in [9.17, 15) is 13.2 Å². The highest BCUT2D eigenvalue weighted by molar-refractivity contribution is 7.89. The van der Waals surface area contributed by atoms with Gasteiger partial charge in [-0.3, -0.25) is 4.79 Å². The van der Waals surface area contributed by atoms with E-state index in [1.807, 2.05) is 0 Å². The second-order valence-corrected chi connectivity index (χ2v) is 7.63. The third-order valence-electron chi connectivity index (χ3n) is 4.08. The van der Waals surface area contributed by atoms with E-state index in [-0.39, 0.29) is 11.4 Å². The van der Waals surface area contributed by atoms with E-state index in [0.717, 1.165) is 0 Å². The predicted molar refractivity (Wildman–Crippen MR) is 83.4 cm³/mol. The van der Waals surface area contributed by atoms with Crippen LogP contribution in [0.3, 0.4) is 0 Å². The molecule has 10 heteroatoms. The van der Waals surface area contributed by atoms with E-state index in [0.29, 0.717) is 30.8 Å². The molecule has 24 heavy (non-hydrogen) atoms. The number of benzene rings is 1. The lowest BCUT2D eigenvalue weighted by molar-refractivity contribution is -0.142. The maximum absolute atomic E-state index is 12.8. The predicted octanol–water partition coefficient (Wildman–Crippen LogP) is 0.362. The molecule has 1 aromatic heterocycles. The molecule has 9 nitrogen and oxygen atoms in total. The summed E-state index contributed by atoms with van der Waals surface area (Å²) in [7, 11) is -2.10. The van der Waals surface area contributed by atoms with Gasteiger partial charge in [-0.2, -0.15) is 4.31 Å². The molecule has 3 rings (SSSR count). The number of tetrazole rings is 1. The van der Waals surface area contributed by atoms with E-state index >= 15 is 0 Å². The third kappa shape index (κ3) is 3.02. The van der Waals surface area contributed by atoms with Gasteiger partial charge in [0.15, 0.2) is 5.82 Å². The van der Waals surface area contributed by atoms with Crippen LogP contribution < -0.4 is 0 Å². The van der Waals surface area contributed by atoms with Gasteiger partial charge in [0, 0.05) is 25.7 Å². The molecule has 1 N–H and O–H groups in total. The van der Waals surface area contributed by atoms with Crippen LogP contribution >= 0.6 is 0 Å². The number of aryl methyl sites for hydroxylation is 1. The van der Waals surface area contributed by atoms with E-state index in [4.69, 9.17) is 5.11 Å². The van der Waals surface area contributed by atoms with Crippen LogP contribution in [0.2, 0.25) is 0 Å². The van der Waals surface area contributed by atoms with Gasteiger partial charge in [-0.15, -0.1) is 5.10 Å². The van der Waals surface area contributed by atoms with Crippen molar-refractivity contribution in [1.82, 2.24) is 24.5 Å². The molecule has 128 valence electrons. The number of hydrogen-bond donors (Lipinski definition) is 1. The topological polar surface area (TPSA) is 118 Å². The Balaban J connectivity index is 1.93. The summed E-state index contributed by atoms with van der Waals surface area (Å²) in [4.78, 5) is 11.3. The van der Waals surface area contributed by atoms with Crippen molar-refractivity contribution in [2.24, 2.45) is 13.0 Å². The van der Waals surface area contributed by atoms with Gasteiger partial charge in [0.1, 0.15) is 0 Å². The fraction of sp³-hybridized carbons (Fsp3) is 0.429. The van der Waals surface area contributed by atoms with Gasteiger partial charge in [-0.25, -0.2) is 13.1 Å². The summed E-state index contributed by atoms with van der Waals surface area (Å²) in [5, 5.41) is 20.3. The normalized spacial score (nSPS) is 19.3. The first-order valence-corrected chi connectivity index (χ1v) is 8.89. The summed E-state index contributed by atoms with van der Waals surface area (Å²) in [5.74, 6) is -1.18. The maximum atomic E-state index is 12.8.